The summed E-state index contributed by atoms with van der Waals surface area (Å²) in [5.74, 6) is -1.22. The summed E-state index contributed by atoms with van der Waals surface area (Å²) in [6.07, 6.45) is 0.404. The third-order valence-corrected chi connectivity index (χ3v) is 3.06. The molecule has 1 fully saturated rings. The Hall–Kier alpha value is -2.05. The molecule has 0 N–H and O–H groups in total. The molecule has 0 saturated carbocycles. The van der Waals surface area contributed by atoms with Crippen LogP contribution >= 0.6 is 0 Å². The highest BCUT2D eigenvalue weighted by atomic mass is 16.6. The molecule has 0 radical (unpaired) electrons. The number of esters is 2. The third-order valence-electron chi connectivity index (χ3n) is 3.06. The van der Waals surface area contributed by atoms with Gasteiger partial charge in [0.05, 0.1) is 0 Å². The molecule has 1 rings (SSSR count). The Bertz CT molecular complexity index is 471. The molecule has 0 bridgehead atoms. The van der Waals surface area contributed by atoms with Crippen molar-refractivity contribution in [1.82, 2.24) is 4.90 Å². The fourth-order valence-electron chi connectivity index (χ4n) is 1.95. The van der Waals surface area contributed by atoms with E-state index in [9.17, 15) is 14.4 Å². The van der Waals surface area contributed by atoms with E-state index in [1.165, 1.54) is 6.92 Å². The molecule has 0 spiro atoms. The van der Waals surface area contributed by atoms with E-state index in [4.69, 9.17) is 14.2 Å². The number of hydrogen-bond acceptors (Lipinski definition) is 6. The second kappa shape index (κ2) is 7.99. The topological polar surface area (TPSA) is 82.1 Å². The van der Waals surface area contributed by atoms with Gasteiger partial charge in [0.25, 0.3) is 0 Å². The predicted molar refractivity (Wildman–Crippen MR) is 82.7 cm³/mol. The minimum absolute atomic E-state index is 0.225. The highest BCUT2D eigenvalue weighted by Gasteiger charge is 2.28. The number of carbonyl (C=O) groups is 3. The summed E-state index contributed by atoms with van der Waals surface area (Å²) < 4.78 is 15.2. The monoisotopic (exact) mass is 327 g/mol. The molecule has 7 heteroatoms. The van der Waals surface area contributed by atoms with Gasteiger partial charge in [-0.15, -0.1) is 0 Å². The molecule has 7 nitrogen and oxygen atoms in total. The first-order chi connectivity index (χ1) is 10.6. The van der Waals surface area contributed by atoms with E-state index in [-0.39, 0.29) is 17.8 Å². The van der Waals surface area contributed by atoms with Gasteiger partial charge in [0.15, 0.2) is 6.61 Å². The highest BCUT2D eigenvalue weighted by Crippen LogP contribution is 2.17. The lowest BCUT2D eigenvalue weighted by atomic mass is 10.1. The van der Waals surface area contributed by atoms with Crippen LogP contribution in [0.15, 0.2) is 12.2 Å². The standard InChI is InChI=1S/C16H25NO6/c1-11(2)14(19)21-10-13(18)22-12-6-8-17(9-7-12)15(20)23-16(3,4)5/h12H,1,6-10H2,2-5H3. The first-order valence-corrected chi connectivity index (χ1v) is 7.58. The average Bonchev–Trinajstić information content (AvgIpc) is 2.43. The number of likely N-dealkylation sites (tertiary alicyclic amines) is 1. The maximum absolute atomic E-state index is 11.9. The third kappa shape index (κ3) is 7.17. The summed E-state index contributed by atoms with van der Waals surface area (Å²) in [5.41, 5.74) is -0.309. The van der Waals surface area contributed by atoms with Crippen molar-refractivity contribution >= 4 is 18.0 Å². The van der Waals surface area contributed by atoms with Gasteiger partial charge in [-0.05, 0) is 27.7 Å². The number of rotatable bonds is 4. The number of amides is 1. The smallest absolute Gasteiger partial charge is 0.410 e. The van der Waals surface area contributed by atoms with Crippen molar-refractivity contribution in [2.24, 2.45) is 0 Å². The van der Waals surface area contributed by atoms with Crippen LogP contribution in [-0.4, -0.2) is 54.3 Å². The zero-order valence-corrected chi connectivity index (χ0v) is 14.2. The lowest BCUT2D eigenvalue weighted by Gasteiger charge is -2.33. The molecule has 0 aromatic rings. The Morgan fingerprint density at radius 2 is 1.74 bits per heavy atom. The molecule has 0 aromatic heterocycles. The van der Waals surface area contributed by atoms with Gasteiger partial charge < -0.3 is 19.1 Å². The molecule has 0 aliphatic carbocycles. The van der Waals surface area contributed by atoms with Gasteiger partial charge in [0.1, 0.15) is 11.7 Å². The molecule has 1 saturated heterocycles. The zero-order valence-electron chi connectivity index (χ0n) is 14.2. The number of piperidine rings is 1. The summed E-state index contributed by atoms with van der Waals surface area (Å²) in [4.78, 5) is 36.3. The summed E-state index contributed by atoms with van der Waals surface area (Å²) in [5, 5.41) is 0. The Kier molecular flexibility index (Phi) is 6.60. The highest BCUT2D eigenvalue weighted by molar-refractivity contribution is 5.88. The molecule has 0 aromatic carbocycles. The van der Waals surface area contributed by atoms with Crippen molar-refractivity contribution < 1.29 is 28.6 Å². The fourth-order valence-corrected chi connectivity index (χ4v) is 1.95. The van der Waals surface area contributed by atoms with Crippen molar-refractivity contribution in [3.05, 3.63) is 12.2 Å². The van der Waals surface area contributed by atoms with Gasteiger partial charge in [-0.1, -0.05) is 6.58 Å². The van der Waals surface area contributed by atoms with E-state index >= 15 is 0 Å². The Morgan fingerprint density at radius 1 is 1.17 bits per heavy atom. The maximum atomic E-state index is 11.9. The number of carbonyl (C=O) groups excluding carboxylic acids is 3. The van der Waals surface area contributed by atoms with E-state index in [0.717, 1.165) is 0 Å². The van der Waals surface area contributed by atoms with Crippen LogP contribution < -0.4 is 0 Å². The van der Waals surface area contributed by atoms with Crippen LogP contribution in [0.2, 0.25) is 0 Å². The van der Waals surface area contributed by atoms with Gasteiger partial charge in [-0.2, -0.15) is 0 Å². The molecular formula is C16H25NO6. The van der Waals surface area contributed by atoms with Gasteiger partial charge in [-0.3, -0.25) is 0 Å². The molecule has 0 unspecified atom stereocenters. The van der Waals surface area contributed by atoms with E-state index in [2.05, 4.69) is 6.58 Å². The quantitative estimate of drug-likeness (QED) is 0.446. The summed E-state index contributed by atoms with van der Waals surface area (Å²) in [7, 11) is 0. The van der Waals surface area contributed by atoms with E-state index in [1.807, 2.05) is 20.8 Å². The zero-order chi connectivity index (χ0) is 17.6. The predicted octanol–water partition coefficient (Wildman–Crippen LogP) is 2.05. The van der Waals surface area contributed by atoms with E-state index < -0.39 is 24.1 Å². The lowest BCUT2D eigenvalue weighted by molar-refractivity contribution is -0.162. The minimum Gasteiger partial charge on any atom is -0.460 e. The molecule has 1 aliphatic heterocycles. The van der Waals surface area contributed by atoms with Gasteiger partial charge in [0, 0.05) is 31.5 Å². The van der Waals surface area contributed by atoms with Gasteiger partial charge in [-0.25, -0.2) is 14.4 Å². The fraction of sp³-hybridized carbons (Fsp3) is 0.688. The van der Waals surface area contributed by atoms with Crippen molar-refractivity contribution in [2.45, 2.75) is 52.2 Å². The van der Waals surface area contributed by atoms with Crippen molar-refractivity contribution in [3.8, 4) is 0 Å². The first kappa shape index (κ1) is 19.0. The average molecular weight is 327 g/mol. The SMILES string of the molecule is C=C(C)C(=O)OCC(=O)OC1CCN(C(=O)OC(C)(C)C)CC1. The lowest BCUT2D eigenvalue weighted by Crippen LogP contribution is -2.44. The Balaban J connectivity index is 2.31. The van der Waals surface area contributed by atoms with Crippen LogP contribution in [0.1, 0.15) is 40.5 Å². The van der Waals surface area contributed by atoms with Crippen LogP contribution in [0.25, 0.3) is 0 Å². The van der Waals surface area contributed by atoms with Crippen LogP contribution in [0.3, 0.4) is 0 Å². The van der Waals surface area contributed by atoms with Crippen molar-refractivity contribution in [1.29, 1.82) is 0 Å². The van der Waals surface area contributed by atoms with Crippen LogP contribution in [0, 0.1) is 0 Å². The Labute approximate surface area is 136 Å². The molecule has 1 heterocycles. The Morgan fingerprint density at radius 3 is 2.22 bits per heavy atom. The van der Waals surface area contributed by atoms with Gasteiger partial charge in [0.2, 0.25) is 0 Å². The van der Waals surface area contributed by atoms with E-state index in [1.54, 1.807) is 4.90 Å². The minimum atomic E-state index is -0.623. The molecule has 0 atom stereocenters. The van der Waals surface area contributed by atoms with Crippen molar-refractivity contribution in [3.63, 3.8) is 0 Å². The summed E-state index contributed by atoms with van der Waals surface area (Å²) in [6, 6.07) is 0. The second-order valence-corrected chi connectivity index (χ2v) is 6.51. The normalized spacial score (nSPS) is 15.7. The van der Waals surface area contributed by atoms with Crippen LogP contribution in [0.5, 0.6) is 0 Å². The molecule has 1 aliphatic rings. The molecule has 23 heavy (non-hydrogen) atoms. The van der Waals surface area contributed by atoms with Crippen LogP contribution in [-0.2, 0) is 23.8 Å². The number of hydrogen-bond donors (Lipinski definition) is 0. The molecule has 1 amide bonds. The summed E-state index contributed by atoms with van der Waals surface area (Å²) in [6.45, 7) is 10.8. The summed E-state index contributed by atoms with van der Waals surface area (Å²) >= 11 is 0. The molecular weight excluding hydrogens is 302 g/mol. The van der Waals surface area contributed by atoms with Crippen molar-refractivity contribution in [2.75, 3.05) is 19.7 Å². The molecule has 130 valence electrons. The number of nitrogens with zero attached hydrogens (tertiary/aromatic N) is 1. The van der Waals surface area contributed by atoms with E-state index in [0.29, 0.717) is 25.9 Å². The van der Waals surface area contributed by atoms with Gasteiger partial charge >= 0.3 is 18.0 Å². The number of ether oxygens (including phenoxy) is 3. The maximum Gasteiger partial charge on any atom is 0.410 e. The van der Waals surface area contributed by atoms with Crippen LogP contribution in [0.4, 0.5) is 4.79 Å². The second-order valence-electron chi connectivity index (χ2n) is 6.51. The first-order valence-electron chi connectivity index (χ1n) is 7.58. The largest absolute Gasteiger partial charge is 0.460 e.